The lowest BCUT2D eigenvalue weighted by atomic mass is 10.1. The number of ether oxygens (including phenoxy) is 1. The van der Waals surface area contributed by atoms with Crippen molar-refractivity contribution in [1.29, 1.82) is 0 Å². The zero-order valence-electron chi connectivity index (χ0n) is 19.5. The van der Waals surface area contributed by atoms with Crippen LogP contribution in [0.3, 0.4) is 0 Å². The molecule has 0 saturated heterocycles. The number of para-hydroxylation sites is 1. The molecule has 34 heavy (non-hydrogen) atoms. The molecule has 4 rings (SSSR count). The van der Waals surface area contributed by atoms with Crippen molar-refractivity contribution in [3.8, 4) is 5.69 Å². The number of aromatic nitrogens is 3. The maximum absolute atomic E-state index is 12.9. The van der Waals surface area contributed by atoms with Crippen LogP contribution in [0.5, 0.6) is 0 Å². The fourth-order valence-corrected chi connectivity index (χ4v) is 4.95. The van der Waals surface area contributed by atoms with Gasteiger partial charge in [-0.25, -0.2) is 9.78 Å². The van der Waals surface area contributed by atoms with Crippen molar-refractivity contribution in [2.75, 3.05) is 6.61 Å². The number of nitrogens with zero attached hydrogens (tertiary/aromatic N) is 3. The number of benzene rings is 1. The molecular weight excluding hydrogens is 450 g/mol. The van der Waals surface area contributed by atoms with Crippen LogP contribution in [0.4, 0.5) is 0 Å². The normalized spacial score (nSPS) is 10.9. The van der Waals surface area contributed by atoms with Gasteiger partial charge in [0.05, 0.1) is 11.3 Å². The van der Waals surface area contributed by atoms with Gasteiger partial charge in [0.2, 0.25) is 5.78 Å². The number of hydrogen-bond acceptors (Lipinski definition) is 7. The van der Waals surface area contributed by atoms with Crippen LogP contribution in [0.25, 0.3) is 5.69 Å². The average molecular weight is 476 g/mol. The van der Waals surface area contributed by atoms with Crippen LogP contribution in [0.15, 0.2) is 64.3 Å². The minimum Gasteiger partial charge on any atom is -0.454 e. The highest BCUT2D eigenvalue weighted by Crippen LogP contribution is 2.28. The highest BCUT2D eigenvalue weighted by molar-refractivity contribution is 7.98. The van der Waals surface area contributed by atoms with Gasteiger partial charge in [-0.2, -0.15) is 0 Å². The molecule has 0 fully saturated rings. The van der Waals surface area contributed by atoms with E-state index in [0.29, 0.717) is 21.9 Å². The number of aryl methyl sites for hydroxylation is 3. The van der Waals surface area contributed by atoms with E-state index in [2.05, 4.69) is 10.1 Å². The zero-order chi connectivity index (χ0) is 24.2. The maximum atomic E-state index is 12.9. The van der Waals surface area contributed by atoms with Gasteiger partial charge in [0.1, 0.15) is 10.8 Å². The molecule has 0 bridgehead atoms. The van der Waals surface area contributed by atoms with Crippen LogP contribution in [0.2, 0.25) is 0 Å². The van der Waals surface area contributed by atoms with E-state index in [1.165, 1.54) is 11.8 Å². The fraction of sp³-hybridized carbons (Fsp3) is 0.231. The van der Waals surface area contributed by atoms with Crippen molar-refractivity contribution in [2.24, 2.45) is 0 Å². The highest BCUT2D eigenvalue weighted by atomic mass is 32.2. The third-order valence-electron chi connectivity index (χ3n) is 5.61. The molecule has 0 radical (unpaired) electrons. The van der Waals surface area contributed by atoms with E-state index in [4.69, 9.17) is 9.26 Å². The van der Waals surface area contributed by atoms with Crippen LogP contribution >= 0.6 is 11.8 Å². The molecule has 1 aromatic carbocycles. The lowest BCUT2D eigenvalue weighted by Crippen LogP contribution is -2.16. The monoisotopic (exact) mass is 475 g/mol. The summed E-state index contributed by atoms with van der Waals surface area (Å²) >= 11 is 1.40. The molecule has 0 unspecified atom stereocenters. The van der Waals surface area contributed by atoms with Crippen LogP contribution in [-0.2, 0) is 10.5 Å². The van der Waals surface area contributed by atoms with Gasteiger partial charge in [-0.1, -0.05) is 23.4 Å². The molecule has 3 aromatic heterocycles. The van der Waals surface area contributed by atoms with Gasteiger partial charge in [0.25, 0.3) is 0 Å². The Morgan fingerprint density at radius 3 is 2.50 bits per heavy atom. The Hall–Kier alpha value is -3.65. The van der Waals surface area contributed by atoms with Gasteiger partial charge >= 0.3 is 5.97 Å². The van der Waals surface area contributed by atoms with Gasteiger partial charge in [0, 0.05) is 40.2 Å². The first-order chi connectivity index (χ1) is 16.4. The zero-order valence-corrected chi connectivity index (χ0v) is 20.3. The van der Waals surface area contributed by atoms with E-state index in [0.717, 1.165) is 34.1 Å². The Balaban J connectivity index is 1.45. The summed E-state index contributed by atoms with van der Waals surface area (Å²) < 4.78 is 12.6. The first-order valence-electron chi connectivity index (χ1n) is 10.8. The Morgan fingerprint density at radius 2 is 1.79 bits per heavy atom. The average Bonchev–Trinajstić information content (AvgIpc) is 3.33. The van der Waals surface area contributed by atoms with Crippen molar-refractivity contribution in [3.63, 3.8) is 0 Å². The molecule has 3 heterocycles. The molecule has 0 aliphatic carbocycles. The minimum atomic E-state index is -0.584. The SMILES string of the molecule is Cc1noc(C)c1CSc1ncccc1C(=O)OCC(=O)c1cc(C)n(-c2ccccc2)c1C. The molecule has 0 atom stereocenters. The van der Waals surface area contributed by atoms with Crippen molar-refractivity contribution >= 4 is 23.5 Å². The van der Waals surface area contributed by atoms with E-state index in [1.54, 1.807) is 18.3 Å². The number of thioether (sulfide) groups is 1. The number of Topliss-reactive ketones (excluding diaryl/α,β-unsaturated/α-hetero) is 1. The van der Waals surface area contributed by atoms with Gasteiger partial charge in [-0.3, -0.25) is 4.79 Å². The van der Waals surface area contributed by atoms with Crippen LogP contribution < -0.4 is 0 Å². The smallest absolute Gasteiger partial charge is 0.341 e. The second kappa shape index (κ2) is 10.1. The Kier molecular flexibility index (Phi) is 6.98. The lowest BCUT2D eigenvalue weighted by molar-refractivity contribution is 0.0470. The molecule has 0 aliphatic heterocycles. The van der Waals surface area contributed by atoms with Gasteiger partial charge in [0.15, 0.2) is 6.61 Å². The van der Waals surface area contributed by atoms with Crippen molar-refractivity contribution < 1.29 is 18.8 Å². The third kappa shape index (κ3) is 4.82. The number of ketones is 1. The molecule has 0 saturated carbocycles. The molecule has 174 valence electrons. The van der Waals surface area contributed by atoms with Crippen molar-refractivity contribution in [2.45, 2.75) is 38.5 Å². The number of hydrogen-bond donors (Lipinski definition) is 0. The second-order valence-electron chi connectivity index (χ2n) is 7.90. The summed E-state index contributed by atoms with van der Waals surface area (Å²) in [5.74, 6) is 0.462. The standard InChI is InChI=1S/C26H25N3O4S/c1-16-13-22(18(3)29(16)20-9-6-5-7-10-20)24(30)14-32-26(31)21-11-8-12-27-25(21)34-15-23-17(2)28-33-19(23)4/h5-13H,14-15H2,1-4H3. The molecule has 8 heteroatoms. The van der Waals surface area contributed by atoms with E-state index in [-0.39, 0.29) is 12.4 Å². The maximum Gasteiger partial charge on any atom is 0.341 e. The summed E-state index contributed by atoms with van der Waals surface area (Å²) in [5.41, 5.74) is 5.35. The van der Waals surface area contributed by atoms with E-state index in [1.807, 2.05) is 68.7 Å². The summed E-state index contributed by atoms with van der Waals surface area (Å²) in [4.78, 5) is 30.1. The summed E-state index contributed by atoms with van der Waals surface area (Å²) in [7, 11) is 0. The number of pyridine rings is 1. The number of rotatable bonds is 8. The summed E-state index contributed by atoms with van der Waals surface area (Å²) in [5, 5.41) is 4.49. The van der Waals surface area contributed by atoms with Crippen LogP contribution in [0.1, 0.15) is 49.1 Å². The first-order valence-corrected chi connectivity index (χ1v) is 11.8. The number of esters is 1. The molecule has 0 aliphatic rings. The summed E-state index contributed by atoms with van der Waals surface area (Å²) in [6.45, 7) is 7.21. The largest absolute Gasteiger partial charge is 0.454 e. The molecule has 0 N–H and O–H groups in total. The van der Waals surface area contributed by atoms with Crippen LogP contribution in [0, 0.1) is 27.7 Å². The van der Waals surface area contributed by atoms with E-state index < -0.39 is 5.97 Å². The van der Waals surface area contributed by atoms with E-state index in [9.17, 15) is 9.59 Å². The molecular formula is C26H25N3O4S. The predicted molar refractivity (Wildman–Crippen MR) is 130 cm³/mol. The molecule has 7 nitrogen and oxygen atoms in total. The Bertz CT molecular complexity index is 1320. The topological polar surface area (TPSA) is 87.2 Å². The van der Waals surface area contributed by atoms with Crippen LogP contribution in [-0.4, -0.2) is 33.1 Å². The summed E-state index contributed by atoms with van der Waals surface area (Å²) in [6, 6.07) is 15.0. The van der Waals surface area contributed by atoms with Gasteiger partial charge in [-0.15, -0.1) is 11.8 Å². The van der Waals surface area contributed by atoms with Gasteiger partial charge < -0.3 is 13.8 Å². The lowest BCUT2D eigenvalue weighted by Gasteiger charge is -2.10. The molecule has 0 amide bonds. The first kappa shape index (κ1) is 23.5. The van der Waals surface area contributed by atoms with Gasteiger partial charge in [-0.05, 0) is 58.0 Å². The summed E-state index contributed by atoms with van der Waals surface area (Å²) in [6.07, 6.45) is 1.62. The van der Waals surface area contributed by atoms with E-state index >= 15 is 0 Å². The molecule has 0 spiro atoms. The Labute approximate surface area is 202 Å². The number of carbonyl (C=O) groups excluding carboxylic acids is 2. The third-order valence-corrected chi connectivity index (χ3v) is 6.64. The quantitative estimate of drug-likeness (QED) is 0.191. The highest BCUT2D eigenvalue weighted by Gasteiger charge is 2.21. The van der Waals surface area contributed by atoms with Crippen molar-refractivity contribution in [1.82, 2.24) is 14.7 Å². The second-order valence-corrected chi connectivity index (χ2v) is 8.87. The minimum absolute atomic E-state index is 0.252. The fourth-order valence-electron chi connectivity index (χ4n) is 3.82. The Morgan fingerprint density at radius 1 is 1.03 bits per heavy atom. The van der Waals surface area contributed by atoms with Crippen molar-refractivity contribution in [3.05, 3.63) is 94.3 Å². The molecule has 4 aromatic rings. The predicted octanol–water partition coefficient (Wildman–Crippen LogP) is 5.43. The number of carbonyl (C=O) groups is 2.